The number of piperidine rings is 1. The van der Waals surface area contributed by atoms with Gasteiger partial charge in [-0.15, -0.1) is 0 Å². The molecule has 2 rings (SSSR count). The highest BCUT2D eigenvalue weighted by molar-refractivity contribution is 9.10. The van der Waals surface area contributed by atoms with E-state index in [9.17, 15) is 9.90 Å². The van der Waals surface area contributed by atoms with Crippen molar-refractivity contribution in [2.45, 2.75) is 31.8 Å². The third-order valence-corrected chi connectivity index (χ3v) is 4.23. The summed E-state index contributed by atoms with van der Waals surface area (Å²) in [6, 6.07) is 8.26. The van der Waals surface area contributed by atoms with Gasteiger partial charge in [0.05, 0.1) is 0 Å². The van der Waals surface area contributed by atoms with E-state index in [-0.39, 0.29) is 5.91 Å². The van der Waals surface area contributed by atoms with Gasteiger partial charge in [-0.2, -0.15) is 0 Å². The van der Waals surface area contributed by atoms with E-state index in [4.69, 9.17) is 0 Å². The van der Waals surface area contributed by atoms with Gasteiger partial charge in [-0.3, -0.25) is 4.79 Å². The monoisotopic (exact) mass is 311 g/mol. The number of carbonyl (C=O) groups excluding carboxylic acids is 1. The number of rotatable bonds is 2. The number of benzene rings is 1. The number of hydrogen-bond donors (Lipinski definition) is 1. The predicted octanol–water partition coefficient (Wildman–Crippen LogP) is 2.54. The fraction of sp³-hybridized carbons (Fsp3) is 0.500. The second-order valence-electron chi connectivity index (χ2n) is 4.80. The van der Waals surface area contributed by atoms with E-state index >= 15 is 0 Å². The van der Waals surface area contributed by atoms with Crippen LogP contribution in [0, 0.1) is 0 Å². The van der Waals surface area contributed by atoms with Crippen LogP contribution in [0.25, 0.3) is 0 Å². The summed E-state index contributed by atoms with van der Waals surface area (Å²) in [4.78, 5) is 13.4. The van der Waals surface area contributed by atoms with Gasteiger partial charge in [-0.25, -0.2) is 0 Å². The molecule has 1 aromatic carbocycles. The molecule has 1 aliphatic rings. The van der Waals surface area contributed by atoms with E-state index in [0.717, 1.165) is 30.4 Å². The first-order valence-corrected chi connectivity index (χ1v) is 7.10. The van der Waals surface area contributed by atoms with Crippen molar-refractivity contribution in [2.75, 3.05) is 13.1 Å². The summed E-state index contributed by atoms with van der Waals surface area (Å²) in [5.41, 5.74) is 1.32. The van der Waals surface area contributed by atoms with E-state index in [2.05, 4.69) is 28.1 Å². The molecule has 0 aromatic heterocycles. The van der Waals surface area contributed by atoms with Gasteiger partial charge in [0.1, 0.15) is 6.10 Å². The maximum atomic E-state index is 11.7. The van der Waals surface area contributed by atoms with E-state index in [0.29, 0.717) is 5.92 Å². The fourth-order valence-electron chi connectivity index (χ4n) is 2.48. The van der Waals surface area contributed by atoms with Crippen LogP contribution in [-0.4, -0.2) is 35.1 Å². The first-order valence-electron chi connectivity index (χ1n) is 6.31. The lowest BCUT2D eigenvalue weighted by Crippen LogP contribution is -2.42. The van der Waals surface area contributed by atoms with E-state index < -0.39 is 6.10 Å². The van der Waals surface area contributed by atoms with Crippen molar-refractivity contribution in [1.82, 2.24) is 4.90 Å². The fourth-order valence-corrected chi connectivity index (χ4v) is 3.09. The highest BCUT2D eigenvalue weighted by atomic mass is 79.9. The highest BCUT2D eigenvalue weighted by Crippen LogP contribution is 2.32. The van der Waals surface area contributed by atoms with Gasteiger partial charge in [0, 0.05) is 17.6 Å². The highest BCUT2D eigenvalue weighted by Gasteiger charge is 2.26. The van der Waals surface area contributed by atoms with Crippen LogP contribution in [0.4, 0.5) is 0 Å². The molecule has 1 saturated heterocycles. The Morgan fingerprint density at radius 2 is 2.00 bits per heavy atom. The Hall–Kier alpha value is -0.870. The lowest BCUT2D eigenvalue weighted by molar-refractivity contribution is -0.140. The minimum absolute atomic E-state index is 0.152. The molecule has 1 amide bonds. The number of hydrogen-bond acceptors (Lipinski definition) is 2. The van der Waals surface area contributed by atoms with Gasteiger partial charge in [-0.05, 0) is 37.3 Å². The lowest BCUT2D eigenvalue weighted by Gasteiger charge is -2.33. The zero-order valence-electron chi connectivity index (χ0n) is 10.5. The summed E-state index contributed by atoms with van der Waals surface area (Å²) in [5.74, 6) is 0.346. The van der Waals surface area contributed by atoms with E-state index in [1.165, 1.54) is 12.5 Å². The smallest absolute Gasteiger partial charge is 0.251 e. The van der Waals surface area contributed by atoms with Crippen LogP contribution in [0.3, 0.4) is 0 Å². The Bertz CT molecular complexity index is 426. The largest absolute Gasteiger partial charge is 0.384 e. The summed E-state index contributed by atoms with van der Waals surface area (Å²) in [6.07, 6.45) is 1.03. The number of carbonyl (C=O) groups is 1. The molecule has 0 radical (unpaired) electrons. The normalized spacial score (nSPS) is 18.7. The van der Waals surface area contributed by atoms with Crippen LogP contribution in [0.5, 0.6) is 0 Å². The average molecular weight is 312 g/mol. The predicted molar refractivity (Wildman–Crippen MR) is 74.4 cm³/mol. The van der Waals surface area contributed by atoms with Crippen LogP contribution in [0.2, 0.25) is 0 Å². The Labute approximate surface area is 116 Å². The van der Waals surface area contributed by atoms with Crippen molar-refractivity contribution in [3.63, 3.8) is 0 Å². The summed E-state index contributed by atoms with van der Waals surface area (Å²) >= 11 is 3.58. The Kier molecular flexibility index (Phi) is 4.40. The molecule has 0 saturated carbocycles. The van der Waals surface area contributed by atoms with Crippen LogP contribution >= 0.6 is 15.9 Å². The zero-order chi connectivity index (χ0) is 13.1. The molecule has 1 aliphatic heterocycles. The molecule has 3 nitrogen and oxygen atoms in total. The van der Waals surface area contributed by atoms with Crippen molar-refractivity contribution in [3.05, 3.63) is 34.3 Å². The molecule has 1 N–H and O–H groups in total. The molecule has 1 atom stereocenters. The molecule has 0 unspecified atom stereocenters. The number of aliphatic hydroxyl groups excluding tert-OH is 1. The van der Waals surface area contributed by atoms with Gasteiger partial charge >= 0.3 is 0 Å². The second-order valence-corrected chi connectivity index (χ2v) is 5.65. The summed E-state index contributed by atoms with van der Waals surface area (Å²) < 4.78 is 1.14. The third-order valence-electron chi connectivity index (χ3n) is 3.51. The van der Waals surface area contributed by atoms with Crippen LogP contribution in [-0.2, 0) is 4.79 Å². The molecule has 1 aromatic rings. The Morgan fingerprint density at radius 3 is 2.56 bits per heavy atom. The molecular formula is C14H18BrNO2. The van der Waals surface area contributed by atoms with Crippen molar-refractivity contribution >= 4 is 21.8 Å². The van der Waals surface area contributed by atoms with Gasteiger partial charge in [0.15, 0.2) is 0 Å². The number of nitrogens with zero attached hydrogens (tertiary/aromatic N) is 1. The van der Waals surface area contributed by atoms with Crippen molar-refractivity contribution < 1.29 is 9.90 Å². The molecule has 0 bridgehead atoms. The lowest BCUT2D eigenvalue weighted by atomic mass is 9.89. The van der Waals surface area contributed by atoms with Crippen molar-refractivity contribution in [2.24, 2.45) is 0 Å². The van der Waals surface area contributed by atoms with Crippen molar-refractivity contribution in [1.29, 1.82) is 0 Å². The molecule has 0 aliphatic carbocycles. The average Bonchev–Trinajstić information content (AvgIpc) is 2.38. The molecule has 1 heterocycles. The quantitative estimate of drug-likeness (QED) is 0.912. The summed E-state index contributed by atoms with van der Waals surface area (Å²) in [6.45, 7) is 2.99. The zero-order valence-corrected chi connectivity index (χ0v) is 12.1. The van der Waals surface area contributed by atoms with Gasteiger partial charge in [0.2, 0.25) is 0 Å². The maximum Gasteiger partial charge on any atom is 0.251 e. The van der Waals surface area contributed by atoms with Crippen molar-refractivity contribution in [3.8, 4) is 0 Å². The first kappa shape index (κ1) is 13.6. The van der Waals surface area contributed by atoms with E-state index in [1.807, 2.05) is 12.1 Å². The van der Waals surface area contributed by atoms with Crippen LogP contribution in [0.15, 0.2) is 28.7 Å². The van der Waals surface area contributed by atoms with Gasteiger partial charge < -0.3 is 10.0 Å². The van der Waals surface area contributed by atoms with Crippen LogP contribution in [0.1, 0.15) is 31.2 Å². The number of halogens is 1. The molecule has 18 heavy (non-hydrogen) atoms. The maximum absolute atomic E-state index is 11.7. The second kappa shape index (κ2) is 5.85. The number of amides is 1. The van der Waals surface area contributed by atoms with Crippen LogP contribution < -0.4 is 0 Å². The third kappa shape index (κ3) is 2.93. The minimum atomic E-state index is -0.884. The minimum Gasteiger partial charge on any atom is -0.384 e. The SMILES string of the molecule is C[C@@H](O)C(=O)N1CCC(c2ccccc2Br)CC1. The molecule has 4 heteroatoms. The number of likely N-dealkylation sites (tertiary alicyclic amines) is 1. The Balaban J connectivity index is 1.99. The molecule has 98 valence electrons. The summed E-state index contributed by atoms with van der Waals surface area (Å²) in [7, 11) is 0. The first-order chi connectivity index (χ1) is 8.59. The number of aliphatic hydroxyl groups is 1. The molecule has 1 fully saturated rings. The Morgan fingerprint density at radius 1 is 1.39 bits per heavy atom. The van der Waals surface area contributed by atoms with E-state index in [1.54, 1.807) is 4.90 Å². The summed E-state index contributed by atoms with van der Waals surface area (Å²) in [5, 5.41) is 9.30. The molecular weight excluding hydrogens is 294 g/mol. The van der Waals surface area contributed by atoms with Gasteiger partial charge in [0.25, 0.3) is 5.91 Å². The van der Waals surface area contributed by atoms with Gasteiger partial charge in [-0.1, -0.05) is 34.1 Å². The topological polar surface area (TPSA) is 40.5 Å². The molecule has 0 spiro atoms. The standard InChI is InChI=1S/C14H18BrNO2/c1-10(17)14(18)16-8-6-11(7-9-16)12-4-2-3-5-13(12)15/h2-5,10-11,17H,6-9H2,1H3/t10-/m1/s1.